The molecule has 0 bridgehead atoms. The highest BCUT2D eigenvalue weighted by Gasteiger charge is 2.35. The van der Waals surface area contributed by atoms with Gasteiger partial charge in [-0.15, -0.1) is 0 Å². The third-order valence-corrected chi connectivity index (χ3v) is 4.08. The van der Waals surface area contributed by atoms with Gasteiger partial charge in [0, 0.05) is 24.9 Å². The SMILES string of the molecule is C[C@H]1C(=O)N(CC#N)c2cnc(Nc3cc(F)c(O)c(F)c3)nc2N1C. The van der Waals surface area contributed by atoms with E-state index in [0.29, 0.717) is 11.5 Å². The van der Waals surface area contributed by atoms with Crippen molar-refractivity contribution in [3.05, 3.63) is 30.0 Å². The minimum Gasteiger partial charge on any atom is -0.503 e. The molecule has 134 valence electrons. The Bertz CT molecular complexity index is 906. The molecule has 1 atom stereocenters. The van der Waals surface area contributed by atoms with Gasteiger partial charge in [-0.3, -0.25) is 9.69 Å². The first kappa shape index (κ1) is 17.3. The molecule has 1 amide bonds. The van der Waals surface area contributed by atoms with Crippen LogP contribution in [0, 0.1) is 23.0 Å². The lowest BCUT2D eigenvalue weighted by Crippen LogP contribution is -2.51. The number of anilines is 4. The van der Waals surface area contributed by atoms with Crippen LogP contribution in [0.1, 0.15) is 6.92 Å². The van der Waals surface area contributed by atoms with Crippen LogP contribution in [0.5, 0.6) is 5.75 Å². The number of fused-ring (bicyclic) bond motifs is 1. The molecule has 1 aromatic carbocycles. The number of nitrogens with one attached hydrogen (secondary N) is 1. The van der Waals surface area contributed by atoms with E-state index in [1.54, 1.807) is 18.9 Å². The van der Waals surface area contributed by atoms with Crippen molar-refractivity contribution in [1.82, 2.24) is 9.97 Å². The van der Waals surface area contributed by atoms with E-state index in [9.17, 15) is 13.6 Å². The Morgan fingerprint density at radius 3 is 2.65 bits per heavy atom. The van der Waals surface area contributed by atoms with E-state index < -0.39 is 23.4 Å². The van der Waals surface area contributed by atoms with E-state index in [0.717, 1.165) is 12.1 Å². The number of nitriles is 1. The molecule has 0 saturated heterocycles. The Hall–Kier alpha value is -3.48. The highest BCUT2D eigenvalue weighted by Crippen LogP contribution is 2.34. The fraction of sp³-hybridized carbons (Fsp3) is 0.250. The number of halogens is 2. The highest BCUT2D eigenvalue weighted by molar-refractivity contribution is 6.04. The summed E-state index contributed by atoms with van der Waals surface area (Å²) >= 11 is 0. The average Bonchev–Trinajstić information content (AvgIpc) is 2.61. The molecule has 26 heavy (non-hydrogen) atoms. The van der Waals surface area contributed by atoms with Gasteiger partial charge < -0.3 is 15.3 Å². The van der Waals surface area contributed by atoms with Gasteiger partial charge in [-0.1, -0.05) is 0 Å². The van der Waals surface area contributed by atoms with Crippen molar-refractivity contribution in [1.29, 1.82) is 5.26 Å². The molecule has 1 aliphatic rings. The maximum atomic E-state index is 13.5. The summed E-state index contributed by atoms with van der Waals surface area (Å²) in [7, 11) is 1.67. The average molecular weight is 360 g/mol. The number of benzene rings is 1. The zero-order valence-corrected chi connectivity index (χ0v) is 13.9. The second-order valence-corrected chi connectivity index (χ2v) is 5.69. The van der Waals surface area contributed by atoms with E-state index in [2.05, 4.69) is 15.3 Å². The van der Waals surface area contributed by atoms with Crippen LogP contribution in [-0.4, -0.2) is 40.6 Å². The van der Waals surface area contributed by atoms with Crippen LogP contribution in [0.15, 0.2) is 18.3 Å². The second kappa shape index (κ2) is 6.44. The number of phenols is 1. The summed E-state index contributed by atoms with van der Waals surface area (Å²) in [6, 6.07) is 3.19. The van der Waals surface area contributed by atoms with Gasteiger partial charge in [-0.2, -0.15) is 10.2 Å². The van der Waals surface area contributed by atoms with Crippen LogP contribution in [0.25, 0.3) is 0 Å². The van der Waals surface area contributed by atoms with Crippen LogP contribution in [0.4, 0.5) is 31.9 Å². The van der Waals surface area contributed by atoms with Gasteiger partial charge in [-0.05, 0) is 6.92 Å². The number of aromatic hydroxyl groups is 1. The number of carbonyl (C=O) groups excluding carboxylic acids is 1. The Balaban J connectivity index is 1.98. The number of amides is 1. The maximum absolute atomic E-state index is 13.5. The van der Waals surface area contributed by atoms with E-state index >= 15 is 0 Å². The van der Waals surface area contributed by atoms with Gasteiger partial charge >= 0.3 is 0 Å². The highest BCUT2D eigenvalue weighted by atomic mass is 19.1. The largest absolute Gasteiger partial charge is 0.503 e. The first-order valence-electron chi connectivity index (χ1n) is 7.56. The molecule has 0 spiro atoms. The Morgan fingerprint density at radius 2 is 2.04 bits per heavy atom. The number of likely N-dealkylation sites (N-methyl/N-ethyl adjacent to an activating group) is 1. The van der Waals surface area contributed by atoms with E-state index in [1.165, 1.54) is 11.1 Å². The fourth-order valence-electron chi connectivity index (χ4n) is 2.57. The molecule has 3 rings (SSSR count). The topological polar surface area (TPSA) is 105 Å². The zero-order chi connectivity index (χ0) is 19.0. The summed E-state index contributed by atoms with van der Waals surface area (Å²) in [5.74, 6) is -3.14. The molecule has 8 nitrogen and oxygen atoms in total. The number of carbonyl (C=O) groups is 1. The summed E-state index contributed by atoms with van der Waals surface area (Å²) < 4.78 is 26.9. The third-order valence-electron chi connectivity index (χ3n) is 4.08. The lowest BCUT2D eigenvalue weighted by Gasteiger charge is -2.37. The number of hydrogen-bond donors (Lipinski definition) is 2. The van der Waals surface area contributed by atoms with E-state index in [1.807, 2.05) is 6.07 Å². The predicted octanol–water partition coefficient (Wildman–Crippen LogP) is 1.90. The van der Waals surface area contributed by atoms with Crippen LogP contribution in [0.2, 0.25) is 0 Å². The van der Waals surface area contributed by atoms with Crippen molar-refractivity contribution in [3.8, 4) is 11.8 Å². The summed E-state index contributed by atoms with van der Waals surface area (Å²) in [6.45, 7) is 1.53. The summed E-state index contributed by atoms with van der Waals surface area (Å²) in [4.78, 5) is 23.5. The van der Waals surface area contributed by atoms with Crippen LogP contribution < -0.4 is 15.1 Å². The molecule has 0 fully saturated rings. The second-order valence-electron chi connectivity index (χ2n) is 5.69. The van der Waals surface area contributed by atoms with E-state index in [-0.39, 0.29) is 24.1 Å². The Kier molecular flexibility index (Phi) is 4.29. The molecule has 0 unspecified atom stereocenters. The molecule has 0 radical (unpaired) electrons. The molecule has 0 saturated carbocycles. The van der Waals surface area contributed by atoms with Crippen molar-refractivity contribution in [2.45, 2.75) is 13.0 Å². The molecule has 2 heterocycles. The fourth-order valence-corrected chi connectivity index (χ4v) is 2.57. The van der Waals surface area contributed by atoms with Gasteiger partial charge in [0.15, 0.2) is 23.2 Å². The minimum atomic E-state index is -1.12. The monoisotopic (exact) mass is 360 g/mol. The normalized spacial score (nSPS) is 16.3. The first-order valence-corrected chi connectivity index (χ1v) is 7.56. The molecule has 0 aliphatic carbocycles. The van der Waals surface area contributed by atoms with E-state index in [4.69, 9.17) is 10.4 Å². The molecule has 1 aromatic heterocycles. The molecule has 2 aromatic rings. The smallest absolute Gasteiger partial charge is 0.250 e. The third kappa shape index (κ3) is 2.83. The maximum Gasteiger partial charge on any atom is 0.250 e. The van der Waals surface area contributed by atoms with Gasteiger partial charge in [0.2, 0.25) is 5.95 Å². The molecule has 1 aliphatic heterocycles. The predicted molar refractivity (Wildman–Crippen MR) is 89.2 cm³/mol. The lowest BCUT2D eigenvalue weighted by molar-refractivity contribution is -0.119. The molecule has 10 heteroatoms. The van der Waals surface area contributed by atoms with Crippen molar-refractivity contribution >= 4 is 29.0 Å². The zero-order valence-electron chi connectivity index (χ0n) is 13.9. The Morgan fingerprint density at radius 1 is 1.38 bits per heavy atom. The number of phenolic OH excluding ortho intramolecular Hbond substituents is 1. The van der Waals surface area contributed by atoms with Crippen LogP contribution >= 0.6 is 0 Å². The van der Waals surface area contributed by atoms with Gasteiger partial charge in [0.05, 0.1) is 12.3 Å². The number of nitrogens with zero attached hydrogens (tertiary/aromatic N) is 5. The van der Waals surface area contributed by atoms with Crippen molar-refractivity contribution in [2.75, 3.05) is 28.7 Å². The van der Waals surface area contributed by atoms with Gasteiger partial charge in [0.25, 0.3) is 5.91 Å². The number of aromatic nitrogens is 2. The number of rotatable bonds is 3. The molecule has 2 N–H and O–H groups in total. The quantitative estimate of drug-likeness (QED) is 0.636. The standard InChI is InChI=1S/C16H14F2N6O2/c1-8-15(26)24(4-3-19)12-7-20-16(22-14(12)23(8)2)21-9-5-10(17)13(25)11(18)6-9/h5-8,25H,4H2,1-2H3,(H,20,21,22)/t8-/m0/s1. The number of hydrogen-bond acceptors (Lipinski definition) is 7. The molecular weight excluding hydrogens is 346 g/mol. The van der Waals surface area contributed by atoms with Crippen LogP contribution in [-0.2, 0) is 4.79 Å². The van der Waals surface area contributed by atoms with Gasteiger partial charge in [-0.25, -0.2) is 13.8 Å². The summed E-state index contributed by atoms with van der Waals surface area (Å²) in [5, 5.41) is 20.7. The van der Waals surface area contributed by atoms with Crippen molar-refractivity contribution in [2.24, 2.45) is 0 Å². The minimum absolute atomic E-state index is 0.00854. The van der Waals surface area contributed by atoms with Gasteiger partial charge in [0.1, 0.15) is 18.3 Å². The summed E-state index contributed by atoms with van der Waals surface area (Å²) in [5.41, 5.74) is 0.375. The Labute approximate surface area is 147 Å². The molecular formula is C16H14F2N6O2. The van der Waals surface area contributed by atoms with Crippen molar-refractivity contribution in [3.63, 3.8) is 0 Å². The summed E-state index contributed by atoms with van der Waals surface area (Å²) in [6.07, 6.45) is 1.36. The van der Waals surface area contributed by atoms with Crippen molar-refractivity contribution < 1.29 is 18.7 Å². The van der Waals surface area contributed by atoms with Crippen LogP contribution in [0.3, 0.4) is 0 Å². The lowest BCUT2D eigenvalue weighted by atomic mass is 10.1. The first-order chi connectivity index (χ1) is 12.3.